The van der Waals surface area contributed by atoms with E-state index in [1.54, 1.807) is 12.4 Å². The van der Waals surface area contributed by atoms with Gasteiger partial charge in [0.25, 0.3) is 0 Å². The van der Waals surface area contributed by atoms with Crippen molar-refractivity contribution < 1.29 is 0 Å². The molecule has 26 heavy (non-hydrogen) atoms. The Morgan fingerprint density at radius 3 is 2.73 bits per heavy atom. The number of hydrogen-bond acceptors (Lipinski definition) is 7. The van der Waals surface area contributed by atoms with Crippen molar-refractivity contribution in [1.82, 2.24) is 29.7 Å². The summed E-state index contributed by atoms with van der Waals surface area (Å²) in [5.41, 5.74) is 8.33. The molecule has 0 bridgehead atoms. The van der Waals surface area contributed by atoms with Crippen molar-refractivity contribution in [3.63, 3.8) is 0 Å². The van der Waals surface area contributed by atoms with Gasteiger partial charge in [0.1, 0.15) is 11.5 Å². The van der Waals surface area contributed by atoms with Gasteiger partial charge < -0.3 is 10.6 Å². The minimum absolute atomic E-state index is 0.112. The van der Waals surface area contributed by atoms with Crippen LogP contribution in [-0.4, -0.2) is 35.8 Å². The van der Waals surface area contributed by atoms with Gasteiger partial charge in [0.05, 0.1) is 24.1 Å². The predicted molar refractivity (Wildman–Crippen MR) is 100.0 cm³/mol. The van der Waals surface area contributed by atoms with Crippen molar-refractivity contribution in [2.45, 2.75) is 46.2 Å². The molecule has 0 amide bonds. The Labute approximate surface area is 152 Å². The van der Waals surface area contributed by atoms with Crippen LogP contribution in [0.15, 0.2) is 24.7 Å². The summed E-state index contributed by atoms with van der Waals surface area (Å²) in [6.45, 7) is 8.43. The molecule has 3 aromatic rings. The van der Waals surface area contributed by atoms with Crippen LogP contribution in [0.4, 0.5) is 11.5 Å². The van der Waals surface area contributed by atoms with E-state index in [4.69, 9.17) is 10.7 Å². The first-order valence-electron chi connectivity index (χ1n) is 8.80. The van der Waals surface area contributed by atoms with Crippen molar-refractivity contribution in [1.29, 1.82) is 0 Å². The molecule has 0 unspecified atom stereocenters. The second kappa shape index (κ2) is 6.05. The van der Waals surface area contributed by atoms with E-state index in [1.807, 2.05) is 19.2 Å². The van der Waals surface area contributed by atoms with E-state index >= 15 is 0 Å². The third-order valence-corrected chi connectivity index (χ3v) is 4.76. The maximum atomic E-state index is 6.08. The topological polar surface area (TPSA) is 98.6 Å². The van der Waals surface area contributed by atoms with Crippen LogP contribution in [0.1, 0.15) is 44.9 Å². The molecule has 0 aliphatic carbocycles. The van der Waals surface area contributed by atoms with Gasteiger partial charge in [0, 0.05) is 17.8 Å². The fourth-order valence-corrected chi connectivity index (χ4v) is 3.60. The predicted octanol–water partition coefficient (Wildman–Crippen LogP) is 2.69. The number of anilines is 2. The Bertz CT molecular complexity index is 962. The fourth-order valence-electron chi connectivity index (χ4n) is 3.60. The first kappa shape index (κ1) is 16.4. The van der Waals surface area contributed by atoms with Gasteiger partial charge in [-0.25, -0.2) is 9.97 Å². The lowest BCUT2D eigenvalue weighted by atomic mass is 10.1. The van der Waals surface area contributed by atoms with Crippen LogP contribution in [-0.2, 0) is 0 Å². The molecule has 0 spiro atoms. The SMILES string of the molecule is CC[C@@H]1c2nnc(C)n2-c2cnc(-c3ccncc3N)nc2N1C(C)C. The van der Waals surface area contributed by atoms with E-state index in [-0.39, 0.29) is 12.1 Å². The van der Waals surface area contributed by atoms with E-state index in [0.29, 0.717) is 11.5 Å². The first-order chi connectivity index (χ1) is 12.5. The van der Waals surface area contributed by atoms with Gasteiger partial charge in [-0.15, -0.1) is 10.2 Å². The lowest BCUT2D eigenvalue weighted by Crippen LogP contribution is -2.40. The summed E-state index contributed by atoms with van der Waals surface area (Å²) in [4.78, 5) is 15.8. The number of rotatable bonds is 3. The highest BCUT2D eigenvalue weighted by molar-refractivity contribution is 5.73. The Balaban J connectivity index is 1.97. The average molecular weight is 350 g/mol. The number of pyridine rings is 1. The number of fused-ring (bicyclic) bond motifs is 3. The summed E-state index contributed by atoms with van der Waals surface area (Å²) in [7, 11) is 0. The Morgan fingerprint density at radius 2 is 2.04 bits per heavy atom. The highest BCUT2D eigenvalue weighted by Gasteiger charge is 2.36. The van der Waals surface area contributed by atoms with Gasteiger partial charge in [-0.05, 0) is 33.3 Å². The second-order valence-corrected chi connectivity index (χ2v) is 6.73. The fraction of sp³-hybridized carbons (Fsp3) is 0.389. The third kappa shape index (κ3) is 2.33. The van der Waals surface area contributed by atoms with E-state index < -0.39 is 0 Å². The molecular weight excluding hydrogens is 328 g/mol. The summed E-state index contributed by atoms with van der Waals surface area (Å²) in [6.07, 6.45) is 6.06. The van der Waals surface area contributed by atoms with Crippen LogP contribution in [0.2, 0.25) is 0 Å². The molecule has 134 valence electrons. The van der Waals surface area contributed by atoms with Crippen LogP contribution < -0.4 is 10.6 Å². The summed E-state index contributed by atoms with van der Waals surface area (Å²) in [5, 5.41) is 8.71. The molecule has 8 heteroatoms. The molecule has 1 atom stereocenters. The minimum atomic E-state index is 0.112. The summed E-state index contributed by atoms with van der Waals surface area (Å²) in [6, 6.07) is 2.20. The van der Waals surface area contributed by atoms with Crippen LogP contribution in [0, 0.1) is 6.92 Å². The largest absolute Gasteiger partial charge is 0.397 e. The second-order valence-electron chi connectivity index (χ2n) is 6.73. The van der Waals surface area contributed by atoms with Crippen molar-refractivity contribution in [2.24, 2.45) is 0 Å². The van der Waals surface area contributed by atoms with Crippen molar-refractivity contribution in [3.8, 4) is 17.1 Å². The first-order valence-corrected chi connectivity index (χ1v) is 8.80. The van der Waals surface area contributed by atoms with Crippen LogP contribution >= 0.6 is 0 Å². The number of nitrogen functional groups attached to an aromatic ring is 1. The lowest BCUT2D eigenvalue weighted by Gasteiger charge is -2.39. The number of aryl methyl sites for hydroxylation is 1. The molecule has 0 radical (unpaired) electrons. The zero-order valence-corrected chi connectivity index (χ0v) is 15.4. The van der Waals surface area contributed by atoms with Crippen molar-refractivity contribution in [3.05, 3.63) is 36.3 Å². The van der Waals surface area contributed by atoms with Crippen LogP contribution in [0.25, 0.3) is 17.1 Å². The number of aromatic nitrogens is 6. The Hall–Kier alpha value is -3.03. The molecule has 1 aliphatic heterocycles. The van der Waals surface area contributed by atoms with Gasteiger partial charge in [0.15, 0.2) is 17.5 Å². The lowest BCUT2D eigenvalue weighted by molar-refractivity contribution is 0.496. The molecule has 4 heterocycles. The van der Waals surface area contributed by atoms with Gasteiger partial charge in [-0.1, -0.05) is 6.92 Å². The molecule has 0 saturated carbocycles. The molecule has 1 aliphatic rings. The van der Waals surface area contributed by atoms with E-state index in [0.717, 1.165) is 35.1 Å². The summed E-state index contributed by atoms with van der Waals surface area (Å²) < 4.78 is 2.06. The van der Waals surface area contributed by atoms with Crippen LogP contribution in [0.3, 0.4) is 0 Å². The highest BCUT2D eigenvalue weighted by atomic mass is 15.4. The quantitative estimate of drug-likeness (QED) is 0.775. The minimum Gasteiger partial charge on any atom is -0.397 e. The molecule has 4 rings (SSSR count). The molecular formula is C18H22N8. The Morgan fingerprint density at radius 1 is 1.23 bits per heavy atom. The van der Waals surface area contributed by atoms with Gasteiger partial charge in [-0.3, -0.25) is 9.55 Å². The third-order valence-electron chi connectivity index (χ3n) is 4.76. The zero-order chi connectivity index (χ0) is 18.4. The molecule has 0 saturated heterocycles. The smallest absolute Gasteiger partial charge is 0.163 e. The number of nitrogens with zero attached hydrogens (tertiary/aromatic N) is 7. The van der Waals surface area contributed by atoms with Gasteiger partial charge in [-0.2, -0.15) is 0 Å². The van der Waals surface area contributed by atoms with E-state index in [9.17, 15) is 0 Å². The van der Waals surface area contributed by atoms with Crippen molar-refractivity contribution >= 4 is 11.5 Å². The molecule has 2 N–H and O–H groups in total. The van der Waals surface area contributed by atoms with Crippen molar-refractivity contribution in [2.75, 3.05) is 10.6 Å². The molecule has 8 nitrogen and oxygen atoms in total. The standard InChI is InChI=1S/C18H22N8/c1-5-14-18-24-23-11(4)26(18)15-9-21-16(12-6-7-20-8-13(12)19)22-17(15)25(14)10(2)3/h6-10,14H,5,19H2,1-4H3/t14-/m1/s1. The normalized spacial score (nSPS) is 15.9. The average Bonchev–Trinajstić information content (AvgIpc) is 3.02. The van der Waals surface area contributed by atoms with E-state index in [2.05, 4.69) is 50.4 Å². The molecule has 3 aromatic heterocycles. The molecule has 0 aromatic carbocycles. The molecule has 0 fully saturated rings. The van der Waals surface area contributed by atoms with Crippen LogP contribution in [0.5, 0.6) is 0 Å². The zero-order valence-electron chi connectivity index (χ0n) is 15.4. The Kier molecular flexibility index (Phi) is 3.82. The maximum absolute atomic E-state index is 6.08. The number of nitrogens with two attached hydrogens (primary N) is 1. The maximum Gasteiger partial charge on any atom is 0.163 e. The number of hydrogen-bond donors (Lipinski definition) is 1. The monoisotopic (exact) mass is 350 g/mol. The summed E-state index contributed by atoms with van der Waals surface area (Å²) >= 11 is 0. The highest BCUT2D eigenvalue weighted by Crippen LogP contribution is 2.40. The van der Waals surface area contributed by atoms with Gasteiger partial charge >= 0.3 is 0 Å². The van der Waals surface area contributed by atoms with Gasteiger partial charge in [0.2, 0.25) is 0 Å². The van der Waals surface area contributed by atoms with E-state index in [1.165, 1.54) is 0 Å². The summed E-state index contributed by atoms with van der Waals surface area (Å²) in [5.74, 6) is 3.25.